The van der Waals surface area contributed by atoms with Crippen LogP contribution in [0.1, 0.15) is 37.6 Å². The summed E-state index contributed by atoms with van der Waals surface area (Å²) >= 11 is 6.53. The molecule has 152 valence electrons. The molecule has 2 aromatic rings. The van der Waals surface area contributed by atoms with Gasteiger partial charge < -0.3 is 20.3 Å². The lowest BCUT2D eigenvalue weighted by Gasteiger charge is -2.10. The Kier molecular flexibility index (Phi) is 7.53. The molecule has 0 aromatic carbocycles. The number of thiophene rings is 1. The van der Waals surface area contributed by atoms with E-state index in [0.29, 0.717) is 32.7 Å². The average Bonchev–Trinajstić information content (AvgIpc) is 3.20. The molecule has 0 saturated heterocycles. The Labute approximate surface area is 173 Å². The van der Waals surface area contributed by atoms with Crippen LogP contribution in [0.5, 0.6) is 0 Å². The first kappa shape index (κ1) is 21.8. The van der Waals surface area contributed by atoms with Crippen molar-refractivity contribution >= 4 is 45.5 Å². The van der Waals surface area contributed by atoms with Crippen LogP contribution in [0.2, 0.25) is 0 Å². The van der Waals surface area contributed by atoms with Crippen LogP contribution in [0, 0.1) is 13.8 Å². The van der Waals surface area contributed by atoms with Crippen molar-refractivity contribution in [1.82, 2.24) is 20.0 Å². The molecule has 2 heterocycles. The zero-order valence-corrected chi connectivity index (χ0v) is 18.3. The summed E-state index contributed by atoms with van der Waals surface area (Å²) in [6.07, 6.45) is 4.64. The standard InChI is InChI=1S/C18H25N5O3S2/c1-11-9-20-23(10-11)8-6-7-19-18(27)21-15-13(17(25)26-5)12(2)14(28-15)16(24)22(3)4/h9-10H,6-8H2,1-5H3,(H2,19,21,27). The maximum absolute atomic E-state index is 12.4. The van der Waals surface area contributed by atoms with Gasteiger partial charge in [0, 0.05) is 33.4 Å². The summed E-state index contributed by atoms with van der Waals surface area (Å²) in [5.74, 6) is -0.681. The number of hydrogen-bond acceptors (Lipinski definition) is 6. The van der Waals surface area contributed by atoms with Gasteiger partial charge in [-0.1, -0.05) is 0 Å². The van der Waals surface area contributed by atoms with Crippen LogP contribution in [0.4, 0.5) is 5.00 Å². The number of methoxy groups -OCH3 is 1. The summed E-state index contributed by atoms with van der Waals surface area (Å²) in [6.45, 7) is 5.15. The van der Waals surface area contributed by atoms with Crippen molar-refractivity contribution in [1.29, 1.82) is 0 Å². The second-order valence-corrected chi connectivity index (χ2v) is 7.90. The van der Waals surface area contributed by atoms with E-state index in [1.165, 1.54) is 23.3 Å². The molecule has 0 unspecified atom stereocenters. The van der Waals surface area contributed by atoms with Gasteiger partial charge in [-0.3, -0.25) is 9.48 Å². The van der Waals surface area contributed by atoms with Gasteiger partial charge in [0.1, 0.15) is 5.00 Å². The third-order valence-electron chi connectivity index (χ3n) is 3.98. The molecule has 28 heavy (non-hydrogen) atoms. The van der Waals surface area contributed by atoms with Crippen LogP contribution in [-0.4, -0.2) is 59.4 Å². The molecule has 0 spiro atoms. The summed E-state index contributed by atoms with van der Waals surface area (Å²) in [6, 6.07) is 0. The van der Waals surface area contributed by atoms with Gasteiger partial charge in [0.2, 0.25) is 0 Å². The summed E-state index contributed by atoms with van der Waals surface area (Å²) in [5.41, 5.74) is 2.03. The molecule has 2 rings (SSSR count). The molecular weight excluding hydrogens is 398 g/mol. The largest absolute Gasteiger partial charge is 0.465 e. The molecule has 0 atom stereocenters. The van der Waals surface area contributed by atoms with E-state index < -0.39 is 5.97 Å². The van der Waals surface area contributed by atoms with E-state index in [9.17, 15) is 9.59 Å². The zero-order chi connectivity index (χ0) is 20.8. The van der Waals surface area contributed by atoms with Crippen molar-refractivity contribution < 1.29 is 14.3 Å². The smallest absolute Gasteiger partial charge is 0.341 e. The van der Waals surface area contributed by atoms with E-state index in [-0.39, 0.29) is 5.91 Å². The van der Waals surface area contributed by atoms with Crippen molar-refractivity contribution in [3.05, 3.63) is 34.0 Å². The lowest BCUT2D eigenvalue weighted by molar-refractivity contribution is 0.0601. The number of hydrogen-bond donors (Lipinski definition) is 2. The van der Waals surface area contributed by atoms with E-state index >= 15 is 0 Å². The number of amides is 1. The number of aromatic nitrogens is 2. The van der Waals surface area contributed by atoms with Crippen molar-refractivity contribution in [2.45, 2.75) is 26.8 Å². The number of carbonyl (C=O) groups excluding carboxylic acids is 2. The second-order valence-electron chi connectivity index (χ2n) is 6.47. The SMILES string of the molecule is COC(=O)c1c(NC(=S)NCCCn2cc(C)cn2)sc(C(=O)N(C)C)c1C. The van der Waals surface area contributed by atoms with E-state index in [0.717, 1.165) is 18.5 Å². The highest BCUT2D eigenvalue weighted by molar-refractivity contribution is 7.80. The first-order valence-corrected chi connectivity index (χ1v) is 9.94. The Hall–Kier alpha value is -2.46. The lowest BCUT2D eigenvalue weighted by atomic mass is 10.1. The number of ether oxygens (including phenoxy) is 1. The molecule has 0 aliphatic rings. The topological polar surface area (TPSA) is 88.5 Å². The minimum atomic E-state index is -0.508. The average molecular weight is 424 g/mol. The van der Waals surface area contributed by atoms with Gasteiger partial charge in [0.05, 0.1) is 23.7 Å². The lowest BCUT2D eigenvalue weighted by Crippen LogP contribution is -2.30. The highest BCUT2D eigenvalue weighted by atomic mass is 32.1. The fourth-order valence-electron chi connectivity index (χ4n) is 2.54. The monoisotopic (exact) mass is 423 g/mol. The summed E-state index contributed by atoms with van der Waals surface area (Å²) in [7, 11) is 4.64. The van der Waals surface area contributed by atoms with E-state index in [1.54, 1.807) is 21.0 Å². The summed E-state index contributed by atoms with van der Waals surface area (Å²) in [5, 5.41) is 11.3. The van der Waals surface area contributed by atoms with Crippen molar-refractivity contribution in [2.24, 2.45) is 0 Å². The van der Waals surface area contributed by atoms with Gasteiger partial charge in [-0.15, -0.1) is 11.3 Å². The Morgan fingerprint density at radius 3 is 2.64 bits per heavy atom. The maximum Gasteiger partial charge on any atom is 0.341 e. The number of anilines is 1. The van der Waals surface area contributed by atoms with Crippen LogP contribution in [-0.2, 0) is 11.3 Å². The molecule has 0 fully saturated rings. The minimum absolute atomic E-state index is 0.172. The predicted molar refractivity (Wildman–Crippen MR) is 114 cm³/mol. The summed E-state index contributed by atoms with van der Waals surface area (Å²) in [4.78, 5) is 26.5. The molecule has 10 heteroatoms. The van der Waals surface area contributed by atoms with Crippen molar-refractivity contribution in [3.63, 3.8) is 0 Å². The van der Waals surface area contributed by atoms with Gasteiger partial charge in [-0.25, -0.2) is 4.79 Å². The predicted octanol–water partition coefficient (Wildman–Crippen LogP) is 2.43. The minimum Gasteiger partial charge on any atom is -0.465 e. The third kappa shape index (κ3) is 5.29. The van der Waals surface area contributed by atoms with E-state index in [1.807, 2.05) is 24.0 Å². The fourth-order valence-corrected chi connectivity index (χ4v) is 4.03. The Bertz CT molecular complexity index is 873. The van der Waals surface area contributed by atoms with Crippen molar-refractivity contribution in [2.75, 3.05) is 33.1 Å². The maximum atomic E-state index is 12.4. The van der Waals surface area contributed by atoms with Gasteiger partial charge in [-0.05, 0) is 43.6 Å². The van der Waals surface area contributed by atoms with Crippen LogP contribution < -0.4 is 10.6 Å². The van der Waals surface area contributed by atoms with Crippen LogP contribution in [0.15, 0.2) is 12.4 Å². The van der Waals surface area contributed by atoms with Crippen molar-refractivity contribution in [3.8, 4) is 0 Å². The molecule has 0 aliphatic carbocycles. The van der Waals surface area contributed by atoms with E-state index in [2.05, 4.69) is 15.7 Å². The number of nitrogens with zero attached hydrogens (tertiary/aromatic N) is 3. The molecule has 0 saturated carbocycles. The fraction of sp³-hybridized carbons (Fsp3) is 0.444. The summed E-state index contributed by atoms with van der Waals surface area (Å²) < 4.78 is 6.75. The van der Waals surface area contributed by atoms with E-state index in [4.69, 9.17) is 17.0 Å². The molecule has 0 bridgehead atoms. The molecule has 0 radical (unpaired) electrons. The number of esters is 1. The highest BCUT2D eigenvalue weighted by Crippen LogP contribution is 2.34. The first-order chi connectivity index (χ1) is 13.2. The van der Waals surface area contributed by atoms with Crippen LogP contribution in [0.25, 0.3) is 0 Å². The molecule has 0 aliphatic heterocycles. The third-order valence-corrected chi connectivity index (χ3v) is 5.42. The van der Waals surface area contributed by atoms with Gasteiger partial charge >= 0.3 is 5.97 Å². The molecular formula is C18H25N5O3S2. The Morgan fingerprint density at radius 2 is 2.07 bits per heavy atom. The van der Waals surface area contributed by atoms with Gasteiger partial charge in [-0.2, -0.15) is 5.10 Å². The number of aryl methyl sites for hydroxylation is 2. The molecule has 2 aromatic heterocycles. The quantitative estimate of drug-likeness (QED) is 0.402. The first-order valence-electron chi connectivity index (χ1n) is 8.71. The number of nitrogens with one attached hydrogen (secondary N) is 2. The molecule has 1 amide bonds. The van der Waals surface area contributed by atoms with Crippen LogP contribution >= 0.6 is 23.6 Å². The van der Waals surface area contributed by atoms with Gasteiger partial charge in [0.25, 0.3) is 5.91 Å². The number of thiocarbonyl (C=S) groups is 1. The Balaban J connectivity index is 2.02. The molecule has 2 N–H and O–H groups in total. The number of carbonyl (C=O) groups is 2. The zero-order valence-electron chi connectivity index (χ0n) is 16.7. The van der Waals surface area contributed by atoms with Gasteiger partial charge in [0.15, 0.2) is 5.11 Å². The Morgan fingerprint density at radius 1 is 1.36 bits per heavy atom. The second kappa shape index (κ2) is 9.65. The highest BCUT2D eigenvalue weighted by Gasteiger charge is 2.26. The van der Waals surface area contributed by atoms with Crippen LogP contribution in [0.3, 0.4) is 0 Å². The molecule has 8 nitrogen and oxygen atoms in total. The normalized spacial score (nSPS) is 10.5. The number of rotatable bonds is 7.